The predicted molar refractivity (Wildman–Crippen MR) is 113 cm³/mol. The van der Waals surface area contributed by atoms with Gasteiger partial charge in [-0.1, -0.05) is 11.6 Å². The molecule has 0 radical (unpaired) electrons. The Balaban J connectivity index is 1.50. The molecule has 1 fully saturated rings. The maximum atomic E-state index is 12.8. The van der Waals surface area contributed by atoms with Gasteiger partial charge in [0.1, 0.15) is 12.0 Å². The van der Waals surface area contributed by atoms with E-state index < -0.39 is 6.10 Å². The Hall–Kier alpha value is -3.23. The average molecular weight is 423 g/mol. The number of hydrogen-bond acceptors (Lipinski definition) is 5. The lowest BCUT2D eigenvalue weighted by Gasteiger charge is -2.30. The second kappa shape index (κ2) is 7.55. The van der Waals surface area contributed by atoms with Crippen molar-refractivity contribution in [2.24, 2.45) is 0 Å². The van der Waals surface area contributed by atoms with Gasteiger partial charge in [-0.3, -0.25) is 9.89 Å². The number of H-pyrrole nitrogens is 1. The molecule has 4 aromatic rings. The van der Waals surface area contributed by atoms with Crippen LogP contribution >= 0.6 is 11.6 Å². The molecule has 2 N–H and O–H groups in total. The van der Waals surface area contributed by atoms with Crippen molar-refractivity contribution in [3.8, 4) is 17.1 Å². The predicted octanol–water partition coefficient (Wildman–Crippen LogP) is 3.06. The molecular weight excluding hydrogens is 404 g/mol. The molecule has 152 valence electrons. The summed E-state index contributed by atoms with van der Waals surface area (Å²) in [6, 6.07) is 9.36. The number of nitrogens with zero attached hydrogens (tertiary/aromatic N) is 5. The molecule has 1 aliphatic heterocycles. The van der Waals surface area contributed by atoms with Crippen LogP contribution in [0.2, 0.25) is 5.02 Å². The highest BCUT2D eigenvalue weighted by Crippen LogP contribution is 2.27. The van der Waals surface area contributed by atoms with E-state index in [1.165, 1.54) is 6.33 Å². The number of fused-ring (bicyclic) bond motifs is 1. The molecule has 1 aromatic carbocycles. The zero-order valence-corrected chi connectivity index (χ0v) is 16.8. The fraction of sp³-hybridized carbons (Fsp3) is 0.238. The van der Waals surface area contributed by atoms with Crippen LogP contribution in [0.4, 0.5) is 0 Å². The number of aliphatic hydroxyl groups excluding tert-OH is 1. The lowest BCUT2D eigenvalue weighted by Crippen LogP contribution is -2.42. The van der Waals surface area contributed by atoms with Crippen LogP contribution in [0.1, 0.15) is 23.2 Å². The highest BCUT2D eigenvalue weighted by atomic mass is 35.5. The number of likely N-dealkylation sites (tertiary alicyclic amines) is 1. The first-order valence-electron chi connectivity index (χ1n) is 9.69. The molecule has 1 saturated heterocycles. The molecule has 1 amide bonds. The summed E-state index contributed by atoms with van der Waals surface area (Å²) in [5.41, 5.74) is 2.88. The topological polar surface area (TPSA) is 99.9 Å². The van der Waals surface area contributed by atoms with Gasteiger partial charge in [0.25, 0.3) is 5.91 Å². The van der Waals surface area contributed by atoms with Gasteiger partial charge in [0.15, 0.2) is 5.82 Å². The molecule has 5 rings (SSSR count). The number of nitrogens with one attached hydrogen (secondary N) is 1. The summed E-state index contributed by atoms with van der Waals surface area (Å²) >= 11 is 6.33. The Morgan fingerprint density at radius 2 is 2.13 bits per heavy atom. The van der Waals surface area contributed by atoms with Crippen molar-refractivity contribution in [3.05, 3.63) is 59.6 Å². The number of benzene rings is 1. The van der Waals surface area contributed by atoms with Gasteiger partial charge < -0.3 is 14.6 Å². The lowest BCUT2D eigenvalue weighted by molar-refractivity contribution is 0.0473. The summed E-state index contributed by atoms with van der Waals surface area (Å²) in [4.78, 5) is 23.2. The van der Waals surface area contributed by atoms with Crippen LogP contribution in [0.25, 0.3) is 28.1 Å². The molecule has 30 heavy (non-hydrogen) atoms. The fourth-order valence-electron chi connectivity index (χ4n) is 3.87. The molecule has 0 unspecified atom stereocenters. The zero-order valence-electron chi connectivity index (χ0n) is 16.0. The summed E-state index contributed by atoms with van der Waals surface area (Å²) < 4.78 is 1.92. The van der Waals surface area contributed by atoms with E-state index >= 15 is 0 Å². The number of β-amino-alcohol motifs (C(OH)–C–C–N with tert-alkyl or cyclic N) is 1. The smallest absolute Gasteiger partial charge is 0.255 e. The molecule has 0 saturated carbocycles. The highest BCUT2D eigenvalue weighted by molar-refractivity contribution is 6.31. The third-order valence-corrected chi connectivity index (χ3v) is 5.52. The molecular formula is C21H19ClN6O2. The van der Waals surface area contributed by atoms with Gasteiger partial charge in [-0.25, -0.2) is 9.97 Å². The van der Waals surface area contributed by atoms with Crippen LogP contribution in [0.15, 0.2) is 49.1 Å². The summed E-state index contributed by atoms with van der Waals surface area (Å²) in [5, 5.41) is 18.0. The first-order chi connectivity index (χ1) is 14.6. The Bertz CT molecular complexity index is 1220. The maximum Gasteiger partial charge on any atom is 0.255 e. The lowest BCUT2D eigenvalue weighted by atomic mass is 10.1. The number of hydrogen-bond donors (Lipinski definition) is 2. The Morgan fingerprint density at radius 3 is 2.93 bits per heavy atom. The number of carbonyl (C=O) groups excluding carboxylic acids is 1. The molecule has 8 nitrogen and oxygen atoms in total. The van der Waals surface area contributed by atoms with Crippen molar-refractivity contribution >= 4 is 28.5 Å². The van der Waals surface area contributed by atoms with Crippen LogP contribution in [-0.2, 0) is 0 Å². The molecule has 1 atom stereocenters. The van der Waals surface area contributed by atoms with E-state index in [4.69, 9.17) is 11.6 Å². The summed E-state index contributed by atoms with van der Waals surface area (Å²) in [6.45, 7) is 1.02. The standard InChI is InChI=1S/C21H19ClN6O2/c22-16-7-14(19-24-12-25-26-19)8-17(9-16)28-5-3-13-6-15(10-23-20(13)28)21(30)27-4-1-2-18(29)11-27/h3,5-10,12,18,29H,1-2,4,11H2,(H,24,25,26)/t18-/m0/s1. The average Bonchev–Trinajstić information content (AvgIpc) is 3.42. The molecule has 0 aliphatic carbocycles. The third-order valence-electron chi connectivity index (χ3n) is 5.31. The van der Waals surface area contributed by atoms with Gasteiger partial charge in [-0.15, -0.1) is 0 Å². The number of rotatable bonds is 3. The third kappa shape index (κ3) is 3.44. The minimum Gasteiger partial charge on any atom is -0.391 e. The minimum atomic E-state index is -0.457. The van der Waals surface area contributed by atoms with E-state index in [1.807, 2.05) is 41.1 Å². The van der Waals surface area contributed by atoms with E-state index in [9.17, 15) is 9.90 Å². The van der Waals surface area contributed by atoms with E-state index in [2.05, 4.69) is 20.2 Å². The van der Waals surface area contributed by atoms with E-state index in [1.54, 1.807) is 11.1 Å². The van der Waals surface area contributed by atoms with Crippen molar-refractivity contribution in [1.82, 2.24) is 29.6 Å². The van der Waals surface area contributed by atoms with Gasteiger partial charge in [-0.05, 0) is 43.2 Å². The van der Waals surface area contributed by atoms with Gasteiger partial charge in [0, 0.05) is 47.1 Å². The molecule has 4 heterocycles. The van der Waals surface area contributed by atoms with Crippen molar-refractivity contribution in [2.45, 2.75) is 18.9 Å². The highest BCUT2D eigenvalue weighted by Gasteiger charge is 2.23. The molecule has 1 aliphatic rings. The Kier molecular flexibility index (Phi) is 4.72. The quantitative estimate of drug-likeness (QED) is 0.528. The van der Waals surface area contributed by atoms with Crippen LogP contribution in [0, 0.1) is 0 Å². The Labute approximate surface area is 177 Å². The largest absolute Gasteiger partial charge is 0.391 e. The number of aromatic amines is 1. The summed E-state index contributed by atoms with van der Waals surface area (Å²) in [7, 11) is 0. The number of piperidine rings is 1. The SMILES string of the molecule is O=C(c1cnc2c(ccn2-c2cc(Cl)cc(-c3ncn[nH]3)c2)c1)N1CCC[C@H](O)C1. The number of pyridine rings is 1. The monoisotopic (exact) mass is 422 g/mol. The zero-order chi connectivity index (χ0) is 20.7. The van der Waals surface area contributed by atoms with Gasteiger partial charge in [0.05, 0.1) is 11.7 Å². The van der Waals surface area contributed by atoms with E-state index in [0.717, 1.165) is 35.1 Å². The van der Waals surface area contributed by atoms with Gasteiger partial charge in [0.2, 0.25) is 0 Å². The molecule has 3 aromatic heterocycles. The fourth-order valence-corrected chi connectivity index (χ4v) is 4.09. The first kappa shape index (κ1) is 18.8. The number of carbonyl (C=O) groups is 1. The van der Waals surface area contributed by atoms with Crippen molar-refractivity contribution < 1.29 is 9.90 Å². The molecule has 0 bridgehead atoms. The summed E-state index contributed by atoms with van der Waals surface area (Å²) in [5.74, 6) is 0.519. The minimum absolute atomic E-state index is 0.105. The number of amides is 1. The van der Waals surface area contributed by atoms with Crippen LogP contribution in [0.3, 0.4) is 0 Å². The summed E-state index contributed by atoms with van der Waals surface area (Å²) in [6.07, 6.45) is 6.02. The van der Waals surface area contributed by atoms with Crippen LogP contribution < -0.4 is 0 Å². The van der Waals surface area contributed by atoms with Crippen LogP contribution in [-0.4, -0.2) is 59.8 Å². The molecule has 9 heteroatoms. The number of aliphatic hydroxyl groups is 1. The normalized spacial score (nSPS) is 16.9. The van der Waals surface area contributed by atoms with E-state index in [0.29, 0.717) is 29.5 Å². The second-order valence-electron chi connectivity index (χ2n) is 7.40. The van der Waals surface area contributed by atoms with Gasteiger partial charge in [-0.2, -0.15) is 5.10 Å². The number of halogens is 1. The van der Waals surface area contributed by atoms with Crippen LogP contribution in [0.5, 0.6) is 0 Å². The van der Waals surface area contributed by atoms with Crippen molar-refractivity contribution in [1.29, 1.82) is 0 Å². The molecule has 0 spiro atoms. The van der Waals surface area contributed by atoms with E-state index in [-0.39, 0.29) is 5.91 Å². The van der Waals surface area contributed by atoms with Crippen molar-refractivity contribution in [3.63, 3.8) is 0 Å². The number of aromatic nitrogens is 5. The Morgan fingerprint density at radius 1 is 1.23 bits per heavy atom. The second-order valence-corrected chi connectivity index (χ2v) is 7.84. The first-order valence-corrected chi connectivity index (χ1v) is 10.1. The van der Waals surface area contributed by atoms with Gasteiger partial charge >= 0.3 is 0 Å². The van der Waals surface area contributed by atoms with Crippen molar-refractivity contribution in [2.75, 3.05) is 13.1 Å². The maximum absolute atomic E-state index is 12.8.